The average molecular weight is 1180 g/mol. The predicted octanol–water partition coefficient (Wildman–Crippen LogP) is 2.00. The van der Waals surface area contributed by atoms with Crippen molar-refractivity contribution in [3.63, 3.8) is 0 Å². The quantitative estimate of drug-likeness (QED) is 0.0285. The highest BCUT2D eigenvalue weighted by atomic mass is 32.2. The number of rotatable bonds is 28. The van der Waals surface area contributed by atoms with Gasteiger partial charge >= 0.3 is 24.1 Å². The van der Waals surface area contributed by atoms with E-state index >= 15 is 4.39 Å². The minimum absolute atomic E-state index is 0.0165. The molecule has 82 heavy (non-hydrogen) atoms. The maximum absolute atomic E-state index is 15.4. The van der Waals surface area contributed by atoms with Crippen molar-refractivity contribution in [1.29, 1.82) is 0 Å². The number of imide groups is 1. The van der Waals surface area contributed by atoms with Crippen molar-refractivity contribution in [2.24, 2.45) is 11.1 Å². The summed E-state index contributed by atoms with van der Waals surface area (Å²) in [6.45, 7) is 7.55. The molecule has 1 aliphatic rings. The normalized spacial score (nSPS) is 14.0. The van der Waals surface area contributed by atoms with Gasteiger partial charge in [-0.1, -0.05) is 51.1 Å². The Morgan fingerprint density at radius 1 is 0.756 bits per heavy atom. The molecule has 1 aliphatic heterocycles. The summed E-state index contributed by atoms with van der Waals surface area (Å²) in [7, 11) is 0. The van der Waals surface area contributed by atoms with Crippen LogP contribution in [0.5, 0.6) is 0 Å². The number of aliphatic carboxylic acids is 3. The zero-order chi connectivity index (χ0) is 61.8. The van der Waals surface area contributed by atoms with E-state index in [0.717, 1.165) is 47.7 Å². The molecule has 2 heterocycles. The van der Waals surface area contributed by atoms with E-state index in [1.165, 1.54) is 13.8 Å². The SMILES string of the molecule is C[C@H](NC(=O)CN1C(=O)C=CC1=O)C(=O)N[C@H](C)C(=O)N[C@@H](CC(N)=O)C(=O)NCCCN(C(=O)CSCCC(=O)N[C@H](CC(=O)O)C(=O)O)[C@@H](c1cc(-c2cc(F)ccc2F)cn1Cc1ccccc1)C(C)(C)C.O=C(O)C(F)(F)F. The van der Waals surface area contributed by atoms with Gasteiger partial charge in [-0.25, -0.2) is 18.4 Å². The summed E-state index contributed by atoms with van der Waals surface area (Å²) < 4.78 is 63.5. The lowest BCUT2D eigenvalue weighted by Crippen LogP contribution is -2.56. The third-order valence-corrected chi connectivity index (χ3v) is 12.6. The molecule has 446 valence electrons. The van der Waals surface area contributed by atoms with Crippen LogP contribution < -0.4 is 32.3 Å². The lowest BCUT2D eigenvalue weighted by molar-refractivity contribution is -0.192. The lowest BCUT2D eigenvalue weighted by Gasteiger charge is -2.41. The number of hydrogen-bond acceptors (Lipinski definition) is 13. The molecule has 1 aromatic heterocycles. The first kappa shape index (κ1) is 67.6. The van der Waals surface area contributed by atoms with Crippen LogP contribution in [-0.2, 0) is 64.1 Å². The first-order chi connectivity index (χ1) is 38.2. The topological polar surface area (TPSA) is 363 Å². The highest BCUT2D eigenvalue weighted by Gasteiger charge is 2.39. The van der Waals surface area contributed by atoms with Gasteiger partial charge in [-0.05, 0) is 55.5 Å². The molecule has 0 unspecified atom stereocenters. The van der Waals surface area contributed by atoms with Crippen LogP contribution in [-0.4, -0.2) is 162 Å². The number of carbonyl (C=O) groups is 12. The van der Waals surface area contributed by atoms with E-state index in [1.807, 2.05) is 55.7 Å². The summed E-state index contributed by atoms with van der Waals surface area (Å²) in [5.41, 5.74) is 6.30. The van der Waals surface area contributed by atoms with Crippen molar-refractivity contribution in [1.82, 2.24) is 41.0 Å². The van der Waals surface area contributed by atoms with Crippen LogP contribution in [0.3, 0.4) is 0 Å². The molecule has 0 bridgehead atoms. The Bertz CT molecular complexity index is 2880. The molecule has 3 aromatic rings. The number of thioether (sulfide) groups is 1. The van der Waals surface area contributed by atoms with Crippen LogP contribution in [0.25, 0.3) is 11.1 Å². The second-order valence-electron chi connectivity index (χ2n) is 19.4. The number of carboxylic acid groups (broad SMARTS) is 3. The maximum atomic E-state index is 15.4. The van der Waals surface area contributed by atoms with Crippen LogP contribution in [0.2, 0.25) is 0 Å². The van der Waals surface area contributed by atoms with Gasteiger partial charge in [0.25, 0.3) is 11.8 Å². The molecule has 2 aromatic carbocycles. The van der Waals surface area contributed by atoms with Gasteiger partial charge in [0.15, 0.2) is 0 Å². The highest BCUT2D eigenvalue weighted by molar-refractivity contribution is 7.99. The zero-order valence-corrected chi connectivity index (χ0v) is 45.7. The number of halogens is 5. The van der Waals surface area contributed by atoms with Gasteiger partial charge in [0.05, 0.1) is 24.6 Å². The summed E-state index contributed by atoms with van der Waals surface area (Å²) >= 11 is 1.04. The van der Waals surface area contributed by atoms with Crippen LogP contribution in [0.1, 0.15) is 77.6 Å². The monoisotopic (exact) mass is 1180 g/mol. The summed E-state index contributed by atoms with van der Waals surface area (Å²) in [6, 6.07) is 7.37. The van der Waals surface area contributed by atoms with Gasteiger partial charge < -0.3 is 57.1 Å². The number of nitrogens with one attached hydrogen (secondary N) is 5. The molecule has 9 amide bonds. The number of amides is 9. The van der Waals surface area contributed by atoms with E-state index < -0.39 is 144 Å². The number of hydrogen-bond donors (Lipinski definition) is 9. The van der Waals surface area contributed by atoms with Crippen LogP contribution >= 0.6 is 11.8 Å². The molecule has 0 saturated heterocycles. The second-order valence-corrected chi connectivity index (χ2v) is 20.5. The van der Waals surface area contributed by atoms with Crippen LogP contribution in [0, 0.1) is 17.0 Å². The molecule has 0 saturated carbocycles. The molecule has 10 N–H and O–H groups in total. The van der Waals surface area contributed by atoms with Crippen molar-refractivity contribution < 1.29 is 94.8 Å². The fourth-order valence-electron chi connectivity index (χ4n) is 7.84. The molecule has 0 aliphatic carbocycles. The minimum atomic E-state index is -5.08. The fourth-order valence-corrected chi connectivity index (χ4v) is 8.65. The Labute approximate surface area is 469 Å². The van der Waals surface area contributed by atoms with Gasteiger partial charge in [-0.15, -0.1) is 0 Å². The standard InChI is InChI=1S/C50H61F2N9O13S.C2HF3O2/c1-28(55-40(64)26-61-41(65)14-15-42(61)66)46(70)56-29(2)47(71)58-35(22-38(53)62)48(72)54-17-9-18-60(43(67)27-75-19-16-39(63)57-36(49(73)74)23-44(68)69)45(50(3,4)5)37-20-31(33-21-32(51)12-13-34(33)52)25-59(37)24-30-10-7-6-8-11-30;3-2(4,5)1(6)7/h6-8,10-15,20-21,25,28-29,35-36,45H,9,16-19,22-24,26-27H2,1-5H3,(H2,53,62)(H,54,72)(H,55,64)(H,56,70)(H,57,63)(H,58,71)(H,68,69)(H,73,74);(H,6,7)/t28-,29+,35-,36+,45-;/m0./s1. The Morgan fingerprint density at radius 2 is 1.35 bits per heavy atom. The van der Waals surface area contributed by atoms with Crippen LogP contribution in [0.15, 0.2) is 72.9 Å². The van der Waals surface area contributed by atoms with Crippen molar-refractivity contribution >= 4 is 82.8 Å². The molecule has 24 nitrogen and oxygen atoms in total. The lowest BCUT2D eigenvalue weighted by atomic mass is 9.83. The summed E-state index contributed by atoms with van der Waals surface area (Å²) in [6.07, 6.45) is -3.18. The number of nitrogens with two attached hydrogens (primary N) is 1. The fraction of sp³-hybridized carbons (Fsp3) is 0.423. The highest BCUT2D eigenvalue weighted by Crippen LogP contribution is 2.41. The van der Waals surface area contributed by atoms with Crippen LogP contribution in [0.4, 0.5) is 22.0 Å². The number of aromatic nitrogens is 1. The number of primary amides is 1. The Balaban J connectivity index is 0.00000236. The van der Waals surface area contributed by atoms with Crippen molar-refractivity contribution in [3.8, 4) is 11.1 Å². The molecule has 0 radical (unpaired) electrons. The van der Waals surface area contributed by atoms with Gasteiger partial charge in [-0.3, -0.25) is 52.8 Å². The molecular formula is C52H62F5N9O15S. The van der Waals surface area contributed by atoms with E-state index in [-0.39, 0.29) is 49.5 Å². The Hall–Kier alpha value is -8.70. The predicted molar refractivity (Wildman–Crippen MR) is 281 cm³/mol. The zero-order valence-electron chi connectivity index (χ0n) is 44.8. The smallest absolute Gasteiger partial charge is 0.481 e. The summed E-state index contributed by atoms with van der Waals surface area (Å²) in [4.78, 5) is 149. The van der Waals surface area contributed by atoms with Crippen molar-refractivity contribution in [3.05, 3.63) is 95.8 Å². The number of nitrogens with zero attached hydrogens (tertiary/aromatic N) is 3. The minimum Gasteiger partial charge on any atom is -0.481 e. The molecular weight excluding hydrogens is 1120 g/mol. The number of carbonyl (C=O) groups excluding carboxylic acids is 9. The molecule has 4 rings (SSSR count). The van der Waals surface area contributed by atoms with E-state index in [0.29, 0.717) is 16.2 Å². The van der Waals surface area contributed by atoms with Gasteiger partial charge in [-0.2, -0.15) is 24.9 Å². The van der Waals surface area contributed by atoms with Crippen molar-refractivity contribution in [2.75, 3.05) is 31.1 Å². The van der Waals surface area contributed by atoms with E-state index in [4.69, 9.17) is 20.7 Å². The number of carboxylic acids is 3. The molecule has 0 spiro atoms. The maximum Gasteiger partial charge on any atom is 0.490 e. The molecule has 5 atom stereocenters. The second kappa shape index (κ2) is 30.8. The van der Waals surface area contributed by atoms with E-state index in [1.54, 1.807) is 17.2 Å². The number of benzene rings is 2. The molecule has 0 fully saturated rings. The third-order valence-electron chi connectivity index (χ3n) is 11.7. The summed E-state index contributed by atoms with van der Waals surface area (Å²) in [5, 5.41) is 37.4. The number of alkyl halides is 3. The average Bonchev–Trinajstić information content (AvgIpc) is 4.13. The Morgan fingerprint density at radius 3 is 1.91 bits per heavy atom. The first-order valence-corrected chi connectivity index (χ1v) is 26.0. The first-order valence-electron chi connectivity index (χ1n) is 24.8. The summed E-state index contributed by atoms with van der Waals surface area (Å²) in [5.74, 6) is -14.4. The van der Waals surface area contributed by atoms with Gasteiger partial charge in [0, 0.05) is 67.0 Å². The van der Waals surface area contributed by atoms with Gasteiger partial charge in [0.1, 0.15) is 42.3 Å². The Kier molecular flexibility index (Phi) is 25.4. The largest absolute Gasteiger partial charge is 0.490 e. The third kappa shape index (κ3) is 21.7. The van der Waals surface area contributed by atoms with Gasteiger partial charge in [0.2, 0.25) is 41.4 Å². The van der Waals surface area contributed by atoms with E-state index in [2.05, 4.69) is 26.6 Å². The van der Waals surface area contributed by atoms with Crippen molar-refractivity contribution in [2.45, 2.75) is 103 Å². The van der Waals surface area contributed by atoms with E-state index in [9.17, 15) is 75.4 Å². The molecule has 30 heteroatoms.